The first kappa shape index (κ1) is 12.7. The van der Waals surface area contributed by atoms with Crippen molar-refractivity contribution in [3.8, 4) is 6.07 Å². The standard InChI is InChI=1S/C10H9ClN6S/c1-2-8-15-16-10(17(8)13)18-9-4-3-6(11)7(5-12)14-9/h3-4H,2,13H2,1H3. The Morgan fingerprint density at radius 1 is 1.50 bits per heavy atom. The lowest BCUT2D eigenvalue weighted by Crippen LogP contribution is -2.13. The predicted octanol–water partition coefficient (Wildman–Crippen LogP) is 1.63. The van der Waals surface area contributed by atoms with E-state index in [-0.39, 0.29) is 5.69 Å². The van der Waals surface area contributed by atoms with Crippen molar-refractivity contribution in [1.29, 1.82) is 5.26 Å². The van der Waals surface area contributed by atoms with Crippen LogP contribution >= 0.6 is 23.4 Å². The lowest BCUT2D eigenvalue weighted by molar-refractivity contribution is 0.795. The van der Waals surface area contributed by atoms with Crippen LogP contribution in [0.5, 0.6) is 0 Å². The van der Waals surface area contributed by atoms with Gasteiger partial charge in [0.1, 0.15) is 11.1 Å². The maximum absolute atomic E-state index is 8.84. The summed E-state index contributed by atoms with van der Waals surface area (Å²) in [5.74, 6) is 6.50. The van der Waals surface area contributed by atoms with E-state index in [0.717, 1.165) is 0 Å². The van der Waals surface area contributed by atoms with Gasteiger partial charge in [0.2, 0.25) is 5.16 Å². The van der Waals surface area contributed by atoms with Crippen LogP contribution < -0.4 is 5.84 Å². The molecule has 0 radical (unpaired) electrons. The zero-order valence-corrected chi connectivity index (χ0v) is 11.0. The summed E-state index contributed by atoms with van der Waals surface area (Å²) >= 11 is 7.04. The van der Waals surface area contributed by atoms with E-state index in [1.54, 1.807) is 12.1 Å². The highest BCUT2D eigenvalue weighted by molar-refractivity contribution is 7.99. The van der Waals surface area contributed by atoms with Crippen LogP contribution in [0.15, 0.2) is 22.3 Å². The van der Waals surface area contributed by atoms with E-state index >= 15 is 0 Å². The second-order valence-electron chi connectivity index (χ2n) is 3.32. The minimum Gasteiger partial charge on any atom is -0.336 e. The van der Waals surface area contributed by atoms with Gasteiger partial charge in [-0.2, -0.15) is 5.26 Å². The predicted molar refractivity (Wildman–Crippen MR) is 67.6 cm³/mol. The van der Waals surface area contributed by atoms with Crippen LogP contribution in [-0.2, 0) is 6.42 Å². The Bertz CT molecular complexity index is 617. The average molecular weight is 281 g/mol. The van der Waals surface area contributed by atoms with Gasteiger partial charge in [-0.15, -0.1) is 10.2 Å². The lowest BCUT2D eigenvalue weighted by atomic mass is 10.4. The number of nitrogens with two attached hydrogens (primary N) is 1. The van der Waals surface area contributed by atoms with Crippen LogP contribution in [0.2, 0.25) is 5.02 Å². The number of halogens is 1. The number of hydrogen-bond acceptors (Lipinski definition) is 6. The topological polar surface area (TPSA) is 93.4 Å². The number of hydrogen-bond donors (Lipinski definition) is 1. The zero-order chi connectivity index (χ0) is 13.1. The van der Waals surface area contributed by atoms with Gasteiger partial charge >= 0.3 is 0 Å². The molecule has 8 heteroatoms. The van der Waals surface area contributed by atoms with E-state index in [9.17, 15) is 0 Å². The number of aromatic nitrogens is 4. The molecule has 0 aromatic carbocycles. The van der Waals surface area contributed by atoms with Gasteiger partial charge in [-0.05, 0) is 23.9 Å². The third-order valence-electron chi connectivity index (χ3n) is 2.17. The largest absolute Gasteiger partial charge is 0.336 e. The van der Waals surface area contributed by atoms with Crippen molar-refractivity contribution < 1.29 is 0 Å². The molecule has 0 atom stereocenters. The first-order chi connectivity index (χ1) is 8.65. The molecule has 0 unspecified atom stereocenters. The zero-order valence-electron chi connectivity index (χ0n) is 9.46. The smallest absolute Gasteiger partial charge is 0.216 e. The fraction of sp³-hybridized carbons (Fsp3) is 0.200. The Balaban J connectivity index is 2.29. The molecule has 6 nitrogen and oxygen atoms in total. The molecule has 92 valence electrons. The van der Waals surface area contributed by atoms with Crippen LogP contribution in [0.3, 0.4) is 0 Å². The second kappa shape index (κ2) is 5.25. The Hall–Kier alpha value is -1.78. The molecule has 2 aromatic rings. The Morgan fingerprint density at radius 3 is 2.89 bits per heavy atom. The highest BCUT2D eigenvalue weighted by atomic mass is 35.5. The quantitative estimate of drug-likeness (QED) is 0.859. The summed E-state index contributed by atoms with van der Waals surface area (Å²) in [5.41, 5.74) is 0.181. The van der Waals surface area contributed by atoms with Gasteiger partial charge in [0.25, 0.3) is 0 Å². The maximum atomic E-state index is 8.84. The molecule has 0 fully saturated rings. The van der Waals surface area contributed by atoms with E-state index in [1.807, 2.05) is 13.0 Å². The second-order valence-corrected chi connectivity index (χ2v) is 4.71. The van der Waals surface area contributed by atoms with Gasteiger partial charge in [-0.1, -0.05) is 18.5 Å². The number of nitrogen functional groups attached to an aromatic ring is 1. The van der Waals surface area contributed by atoms with Crippen LogP contribution in [0, 0.1) is 11.3 Å². The number of aryl methyl sites for hydroxylation is 1. The molecule has 0 aliphatic heterocycles. The summed E-state index contributed by atoms with van der Waals surface area (Å²) in [6, 6.07) is 5.24. The average Bonchev–Trinajstić information content (AvgIpc) is 2.73. The third kappa shape index (κ3) is 2.39. The van der Waals surface area contributed by atoms with E-state index in [2.05, 4.69) is 15.2 Å². The van der Waals surface area contributed by atoms with Gasteiger partial charge < -0.3 is 5.84 Å². The number of rotatable bonds is 3. The van der Waals surface area contributed by atoms with Crippen molar-refractivity contribution in [3.05, 3.63) is 28.7 Å². The normalized spacial score (nSPS) is 10.3. The maximum Gasteiger partial charge on any atom is 0.216 e. The molecule has 0 saturated carbocycles. The van der Waals surface area contributed by atoms with Crippen LogP contribution in [0.1, 0.15) is 18.4 Å². The van der Waals surface area contributed by atoms with Crippen molar-refractivity contribution in [3.63, 3.8) is 0 Å². The minimum absolute atomic E-state index is 0.181. The van der Waals surface area contributed by atoms with Gasteiger partial charge in [-0.3, -0.25) is 0 Å². The molecule has 0 bridgehead atoms. The van der Waals surface area contributed by atoms with Gasteiger partial charge in [-0.25, -0.2) is 9.66 Å². The Morgan fingerprint density at radius 2 is 2.28 bits per heavy atom. The Labute approximate surface area is 113 Å². The summed E-state index contributed by atoms with van der Waals surface area (Å²) < 4.78 is 1.41. The third-order valence-corrected chi connectivity index (χ3v) is 3.38. The number of pyridine rings is 1. The molecular formula is C10H9ClN6S. The fourth-order valence-electron chi connectivity index (χ4n) is 1.27. The molecule has 0 amide bonds. The van der Waals surface area contributed by atoms with Crippen LogP contribution in [0.4, 0.5) is 0 Å². The SMILES string of the molecule is CCc1nnc(Sc2ccc(Cl)c(C#N)n2)n1N. The molecule has 2 N–H and O–H groups in total. The van der Waals surface area contributed by atoms with E-state index < -0.39 is 0 Å². The summed E-state index contributed by atoms with van der Waals surface area (Å²) in [6.07, 6.45) is 0.696. The summed E-state index contributed by atoms with van der Waals surface area (Å²) in [4.78, 5) is 4.10. The molecule has 0 aliphatic carbocycles. The molecular weight excluding hydrogens is 272 g/mol. The highest BCUT2D eigenvalue weighted by Crippen LogP contribution is 2.26. The summed E-state index contributed by atoms with van der Waals surface area (Å²) in [6.45, 7) is 1.94. The van der Waals surface area contributed by atoms with E-state index in [0.29, 0.717) is 27.5 Å². The molecule has 2 aromatic heterocycles. The van der Waals surface area contributed by atoms with Crippen molar-refractivity contribution in [1.82, 2.24) is 19.9 Å². The monoisotopic (exact) mass is 280 g/mol. The van der Waals surface area contributed by atoms with Gasteiger partial charge in [0.05, 0.1) is 5.02 Å². The highest BCUT2D eigenvalue weighted by Gasteiger charge is 2.11. The summed E-state index contributed by atoms with van der Waals surface area (Å²) in [7, 11) is 0. The Kier molecular flexibility index (Phi) is 3.69. The molecule has 2 rings (SSSR count). The van der Waals surface area contributed by atoms with E-state index in [4.69, 9.17) is 22.7 Å². The minimum atomic E-state index is 0.181. The molecule has 0 saturated heterocycles. The van der Waals surface area contributed by atoms with Crippen LogP contribution in [-0.4, -0.2) is 19.9 Å². The van der Waals surface area contributed by atoms with Crippen molar-refractivity contribution in [2.75, 3.05) is 5.84 Å². The van der Waals surface area contributed by atoms with E-state index in [1.165, 1.54) is 16.4 Å². The first-order valence-electron chi connectivity index (χ1n) is 5.09. The van der Waals surface area contributed by atoms with Crippen molar-refractivity contribution >= 4 is 23.4 Å². The lowest BCUT2D eigenvalue weighted by Gasteiger charge is -2.02. The fourth-order valence-corrected chi connectivity index (χ4v) is 2.16. The summed E-state index contributed by atoms with van der Waals surface area (Å²) in [5, 5.41) is 18.2. The molecule has 0 aliphatic rings. The van der Waals surface area contributed by atoms with Crippen molar-refractivity contribution in [2.24, 2.45) is 0 Å². The number of nitriles is 1. The van der Waals surface area contributed by atoms with Crippen LogP contribution in [0.25, 0.3) is 0 Å². The number of nitrogens with zero attached hydrogens (tertiary/aromatic N) is 5. The first-order valence-corrected chi connectivity index (χ1v) is 6.29. The van der Waals surface area contributed by atoms with Gasteiger partial charge in [0.15, 0.2) is 11.5 Å². The molecule has 18 heavy (non-hydrogen) atoms. The molecule has 2 heterocycles. The van der Waals surface area contributed by atoms with Crippen molar-refractivity contribution in [2.45, 2.75) is 23.5 Å². The molecule has 0 spiro atoms. The van der Waals surface area contributed by atoms with Gasteiger partial charge in [0, 0.05) is 6.42 Å².